The van der Waals surface area contributed by atoms with Crippen LogP contribution in [0.4, 0.5) is 0 Å². The molecule has 200 valence electrons. The predicted molar refractivity (Wildman–Crippen MR) is 136 cm³/mol. The Hall–Kier alpha value is -3.59. The van der Waals surface area contributed by atoms with E-state index in [9.17, 15) is 9.90 Å². The fraction of sp³-hybridized carbons (Fsp3) is 0.464. The van der Waals surface area contributed by atoms with E-state index in [4.69, 9.17) is 33.2 Å². The number of ether oxygens (including phenoxy) is 7. The van der Waals surface area contributed by atoms with E-state index in [0.29, 0.717) is 63.2 Å². The Morgan fingerprint density at radius 1 is 1.03 bits per heavy atom. The summed E-state index contributed by atoms with van der Waals surface area (Å²) in [4.78, 5) is 13.0. The van der Waals surface area contributed by atoms with Gasteiger partial charge in [0.1, 0.15) is 5.60 Å². The van der Waals surface area contributed by atoms with E-state index in [1.165, 1.54) is 21.3 Å². The van der Waals surface area contributed by atoms with Crippen LogP contribution < -0.4 is 28.4 Å². The van der Waals surface area contributed by atoms with Crippen LogP contribution in [0, 0.1) is 5.92 Å². The average molecular weight is 515 g/mol. The maximum atomic E-state index is 13.0. The van der Waals surface area contributed by atoms with E-state index in [1.807, 2.05) is 13.0 Å². The lowest BCUT2D eigenvalue weighted by atomic mass is 9.73. The maximum absolute atomic E-state index is 13.0. The first-order valence-electron chi connectivity index (χ1n) is 12.0. The predicted octanol–water partition coefficient (Wildman–Crippen LogP) is 4.61. The van der Waals surface area contributed by atoms with Gasteiger partial charge >= 0.3 is 5.97 Å². The molecular weight excluding hydrogens is 480 g/mol. The molecule has 0 fully saturated rings. The SMILES string of the molecule is C/C=C(\C)C(=O)O[C@@H]1c2cc(OC)c(OC)c(OC)c2-c2c(cc3c(c2OC)OCO3)C[C@H](C)[C@]1(C)O. The molecule has 37 heavy (non-hydrogen) atoms. The number of carbonyl (C=O) groups excluding carboxylic acids is 1. The molecule has 2 aromatic rings. The Labute approximate surface area is 216 Å². The smallest absolute Gasteiger partial charge is 0.334 e. The standard InChI is InChI=1S/C28H34O9/c1-9-14(2)27(29)37-26-17-12-18(31-5)22(32-6)25(34-8)21(17)20-16(10-15(3)28(26,4)30)11-19-23(24(20)33-7)36-13-35-19/h9,11-12,15,26,30H,10,13H2,1-8H3/b14-9+/t15-,26+,28-/m0/s1. The summed E-state index contributed by atoms with van der Waals surface area (Å²) < 4.78 is 40.6. The van der Waals surface area contributed by atoms with Crippen LogP contribution in [0.3, 0.4) is 0 Å². The molecular formula is C28H34O9. The molecule has 4 rings (SSSR count). The van der Waals surface area contributed by atoms with Crippen molar-refractivity contribution in [1.29, 1.82) is 0 Å². The Morgan fingerprint density at radius 2 is 1.70 bits per heavy atom. The Balaban J connectivity index is 2.17. The number of hydrogen-bond donors (Lipinski definition) is 1. The van der Waals surface area contributed by atoms with Gasteiger partial charge in [-0.1, -0.05) is 13.0 Å². The summed E-state index contributed by atoms with van der Waals surface area (Å²) in [7, 11) is 6.08. The van der Waals surface area contributed by atoms with E-state index < -0.39 is 17.7 Å². The molecule has 0 spiro atoms. The van der Waals surface area contributed by atoms with Crippen LogP contribution in [0.2, 0.25) is 0 Å². The molecule has 1 aliphatic carbocycles. The zero-order chi connectivity index (χ0) is 27.1. The van der Waals surface area contributed by atoms with Crippen molar-refractivity contribution in [3.05, 3.63) is 34.9 Å². The average Bonchev–Trinajstić information content (AvgIpc) is 3.36. The molecule has 0 saturated carbocycles. The van der Waals surface area contributed by atoms with Crippen molar-refractivity contribution in [3.8, 4) is 45.6 Å². The first-order chi connectivity index (χ1) is 17.6. The van der Waals surface area contributed by atoms with E-state index in [1.54, 1.807) is 40.0 Å². The molecule has 0 bridgehead atoms. The third kappa shape index (κ3) is 4.21. The lowest BCUT2D eigenvalue weighted by molar-refractivity contribution is -0.166. The van der Waals surface area contributed by atoms with Gasteiger partial charge < -0.3 is 38.3 Å². The van der Waals surface area contributed by atoms with Crippen LogP contribution >= 0.6 is 0 Å². The van der Waals surface area contributed by atoms with Gasteiger partial charge in [-0.3, -0.25) is 0 Å². The van der Waals surface area contributed by atoms with Crippen LogP contribution in [0.1, 0.15) is 44.9 Å². The summed E-state index contributed by atoms with van der Waals surface area (Å²) in [5, 5.41) is 12.0. The molecule has 9 nitrogen and oxygen atoms in total. The molecule has 1 aliphatic heterocycles. The van der Waals surface area contributed by atoms with E-state index in [0.717, 1.165) is 5.56 Å². The lowest BCUT2D eigenvalue weighted by Crippen LogP contribution is -2.44. The van der Waals surface area contributed by atoms with Crippen LogP contribution in [-0.2, 0) is 16.0 Å². The summed E-state index contributed by atoms with van der Waals surface area (Å²) in [5.74, 6) is 1.60. The van der Waals surface area contributed by atoms with Crippen LogP contribution in [0.5, 0.6) is 34.5 Å². The number of benzene rings is 2. The highest BCUT2D eigenvalue weighted by Gasteiger charge is 2.47. The second kappa shape index (κ2) is 10.0. The first kappa shape index (κ1) is 26.5. The monoisotopic (exact) mass is 514 g/mol. The van der Waals surface area contributed by atoms with E-state index >= 15 is 0 Å². The zero-order valence-corrected chi connectivity index (χ0v) is 22.5. The number of rotatable bonds is 6. The normalized spacial score (nSPS) is 22.2. The molecule has 0 amide bonds. The molecule has 0 radical (unpaired) electrons. The number of carbonyl (C=O) groups is 1. The number of aliphatic hydroxyl groups is 1. The van der Waals surface area contributed by atoms with Gasteiger partial charge in [0, 0.05) is 22.3 Å². The molecule has 2 aliphatic rings. The molecule has 0 unspecified atom stereocenters. The van der Waals surface area contributed by atoms with Gasteiger partial charge in [-0.15, -0.1) is 0 Å². The quantitative estimate of drug-likeness (QED) is 0.437. The lowest BCUT2D eigenvalue weighted by Gasteiger charge is -2.41. The van der Waals surface area contributed by atoms with Crippen molar-refractivity contribution in [2.75, 3.05) is 35.2 Å². The first-order valence-corrected chi connectivity index (χ1v) is 12.0. The van der Waals surface area contributed by atoms with Crippen molar-refractivity contribution in [1.82, 2.24) is 0 Å². The molecule has 0 aromatic heterocycles. The zero-order valence-electron chi connectivity index (χ0n) is 22.5. The highest BCUT2D eigenvalue weighted by atomic mass is 16.7. The molecule has 9 heteroatoms. The number of fused-ring (bicyclic) bond motifs is 4. The van der Waals surface area contributed by atoms with Crippen molar-refractivity contribution >= 4 is 5.97 Å². The van der Waals surface area contributed by atoms with Gasteiger partial charge in [-0.25, -0.2) is 4.79 Å². The van der Waals surface area contributed by atoms with Gasteiger partial charge in [-0.05, 0) is 50.8 Å². The topological polar surface area (TPSA) is 102 Å². The van der Waals surface area contributed by atoms with E-state index in [2.05, 4.69) is 0 Å². The number of allylic oxidation sites excluding steroid dienone is 1. The maximum Gasteiger partial charge on any atom is 0.334 e. The second-order valence-corrected chi connectivity index (χ2v) is 9.38. The Morgan fingerprint density at radius 3 is 2.30 bits per heavy atom. The van der Waals surface area contributed by atoms with Gasteiger partial charge in [0.2, 0.25) is 18.3 Å². The minimum absolute atomic E-state index is 0.0562. The molecule has 0 saturated heterocycles. The van der Waals surface area contributed by atoms with Crippen LogP contribution in [-0.4, -0.2) is 51.9 Å². The molecule has 3 atom stereocenters. The Kier molecular flexibility index (Phi) is 7.19. The van der Waals surface area contributed by atoms with Crippen molar-refractivity contribution < 1.29 is 43.1 Å². The van der Waals surface area contributed by atoms with Gasteiger partial charge in [0.25, 0.3) is 0 Å². The summed E-state index contributed by atoms with van der Waals surface area (Å²) in [6, 6.07) is 3.60. The van der Waals surface area contributed by atoms with Crippen molar-refractivity contribution in [2.45, 2.75) is 45.8 Å². The molecule has 1 N–H and O–H groups in total. The van der Waals surface area contributed by atoms with Crippen molar-refractivity contribution in [3.63, 3.8) is 0 Å². The fourth-order valence-corrected chi connectivity index (χ4v) is 4.94. The second-order valence-electron chi connectivity index (χ2n) is 9.38. The minimum atomic E-state index is -1.48. The largest absolute Gasteiger partial charge is 0.493 e. The van der Waals surface area contributed by atoms with Crippen LogP contribution in [0.15, 0.2) is 23.8 Å². The third-order valence-electron chi connectivity index (χ3n) is 7.33. The van der Waals surface area contributed by atoms with Crippen molar-refractivity contribution in [2.24, 2.45) is 5.92 Å². The summed E-state index contributed by atoms with van der Waals surface area (Å²) in [6.07, 6.45) is 0.998. The highest BCUT2D eigenvalue weighted by Crippen LogP contribution is 2.59. The number of esters is 1. The number of hydrogen-bond acceptors (Lipinski definition) is 9. The molecule has 2 aromatic carbocycles. The van der Waals surface area contributed by atoms with Gasteiger partial charge in [-0.2, -0.15) is 0 Å². The van der Waals surface area contributed by atoms with Gasteiger partial charge in [0.15, 0.2) is 29.1 Å². The summed E-state index contributed by atoms with van der Waals surface area (Å²) in [6.45, 7) is 7.05. The Bertz CT molecular complexity index is 1250. The van der Waals surface area contributed by atoms with Gasteiger partial charge in [0.05, 0.1) is 28.4 Å². The highest BCUT2D eigenvalue weighted by molar-refractivity contribution is 5.90. The minimum Gasteiger partial charge on any atom is -0.493 e. The number of methoxy groups -OCH3 is 4. The summed E-state index contributed by atoms with van der Waals surface area (Å²) >= 11 is 0. The fourth-order valence-electron chi connectivity index (χ4n) is 4.94. The third-order valence-corrected chi connectivity index (χ3v) is 7.33. The van der Waals surface area contributed by atoms with E-state index in [-0.39, 0.29) is 12.7 Å². The molecule has 1 heterocycles. The van der Waals surface area contributed by atoms with Crippen LogP contribution in [0.25, 0.3) is 11.1 Å². The summed E-state index contributed by atoms with van der Waals surface area (Å²) in [5.41, 5.74) is 1.46.